The number of aliphatic hydroxyl groups is 1. The minimum Gasteiger partial charge on any atom is -0.396 e. The highest BCUT2D eigenvalue weighted by Gasteiger charge is 2.22. The SMILES string of the molecule is O=C(Nc1ccc(Br)cc1)C(=O)N[C@@H]1C=C[C@H](CO)C1. The van der Waals surface area contributed by atoms with Gasteiger partial charge in [-0.1, -0.05) is 28.1 Å². The fraction of sp³-hybridized carbons (Fsp3) is 0.286. The highest BCUT2D eigenvalue weighted by Crippen LogP contribution is 2.17. The molecular weight excluding hydrogens is 324 g/mol. The van der Waals surface area contributed by atoms with E-state index in [-0.39, 0.29) is 18.6 Å². The summed E-state index contributed by atoms with van der Waals surface area (Å²) < 4.78 is 0.895. The van der Waals surface area contributed by atoms with E-state index in [1.165, 1.54) is 0 Å². The van der Waals surface area contributed by atoms with Crippen molar-refractivity contribution in [1.29, 1.82) is 0 Å². The lowest BCUT2D eigenvalue weighted by Crippen LogP contribution is -2.40. The molecule has 0 unspecified atom stereocenters. The summed E-state index contributed by atoms with van der Waals surface area (Å²) in [6, 6.07) is 6.76. The summed E-state index contributed by atoms with van der Waals surface area (Å²) in [5, 5.41) is 14.1. The van der Waals surface area contributed by atoms with Gasteiger partial charge in [0.05, 0.1) is 0 Å². The standard InChI is InChI=1S/C14H15BrN2O3/c15-10-2-5-11(6-3-10)16-13(19)14(20)17-12-4-1-9(7-12)8-18/h1-6,9,12,18H,7-8H2,(H,16,19)(H,17,20)/t9-,12+/m0/s1. The molecule has 1 aromatic rings. The lowest BCUT2D eigenvalue weighted by Gasteiger charge is -2.12. The smallest absolute Gasteiger partial charge is 0.313 e. The van der Waals surface area contributed by atoms with E-state index in [0.29, 0.717) is 12.1 Å². The van der Waals surface area contributed by atoms with Gasteiger partial charge in [-0.3, -0.25) is 9.59 Å². The first kappa shape index (κ1) is 14.7. The number of nitrogens with one attached hydrogen (secondary N) is 2. The van der Waals surface area contributed by atoms with Crippen molar-refractivity contribution in [3.8, 4) is 0 Å². The molecular formula is C14H15BrN2O3. The summed E-state index contributed by atoms with van der Waals surface area (Å²) in [5.41, 5.74) is 0.559. The Morgan fingerprint density at radius 1 is 1.20 bits per heavy atom. The molecule has 3 N–H and O–H groups in total. The van der Waals surface area contributed by atoms with E-state index in [2.05, 4.69) is 26.6 Å². The van der Waals surface area contributed by atoms with E-state index < -0.39 is 11.8 Å². The third kappa shape index (κ3) is 3.91. The topological polar surface area (TPSA) is 78.4 Å². The van der Waals surface area contributed by atoms with Crippen molar-refractivity contribution in [2.45, 2.75) is 12.5 Å². The molecule has 1 aliphatic carbocycles. The molecule has 2 atom stereocenters. The van der Waals surface area contributed by atoms with Crippen LogP contribution in [0.15, 0.2) is 40.9 Å². The quantitative estimate of drug-likeness (QED) is 0.576. The van der Waals surface area contributed by atoms with Gasteiger partial charge >= 0.3 is 11.8 Å². The number of amides is 2. The fourth-order valence-electron chi connectivity index (χ4n) is 1.97. The Morgan fingerprint density at radius 2 is 1.90 bits per heavy atom. The van der Waals surface area contributed by atoms with Crippen LogP contribution in [-0.2, 0) is 9.59 Å². The number of halogens is 1. The number of aliphatic hydroxyl groups excluding tert-OH is 1. The zero-order valence-electron chi connectivity index (χ0n) is 10.7. The van der Waals surface area contributed by atoms with Gasteiger partial charge in [0.1, 0.15) is 0 Å². The van der Waals surface area contributed by atoms with Crippen LogP contribution < -0.4 is 10.6 Å². The number of carbonyl (C=O) groups is 2. The van der Waals surface area contributed by atoms with Crippen molar-refractivity contribution in [3.05, 3.63) is 40.9 Å². The summed E-state index contributed by atoms with van der Waals surface area (Å²) in [6.45, 7) is 0.0496. The number of rotatable bonds is 3. The second-order valence-electron chi connectivity index (χ2n) is 4.60. The van der Waals surface area contributed by atoms with Crippen LogP contribution in [0.1, 0.15) is 6.42 Å². The number of hydrogen-bond donors (Lipinski definition) is 3. The number of carbonyl (C=O) groups excluding carboxylic acids is 2. The largest absolute Gasteiger partial charge is 0.396 e. The van der Waals surface area contributed by atoms with E-state index in [0.717, 1.165) is 4.47 Å². The predicted octanol–water partition coefficient (Wildman–Crippen LogP) is 1.44. The first-order valence-corrected chi connectivity index (χ1v) is 7.04. The molecule has 0 bridgehead atoms. The normalized spacial score (nSPS) is 20.7. The second-order valence-corrected chi connectivity index (χ2v) is 5.52. The van der Waals surface area contributed by atoms with Gasteiger partial charge in [0.15, 0.2) is 0 Å². The van der Waals surface area contributed by atoms with Crippen LogP contribution >= 0.6 is 15.9 Å². The van der Waals surface area contributed by atoms with Gasteiger partial charge in [-0.25, -0.2) is 0 Å². The van der Waals surface area contributed by atoms with Gasteiger partial charge in [-0.2, -0.15) is 0 Å². The van der Waals surface area contributed by atoms with Crippen LogP contribution in [0.25, 0.3) is 0 Å². The zero-order valence-corrected chi connectivity index (χ0v) is 12.3. The molecule has 0 saturated carbocycles. The summed E-state index contributed by atoms with van der Waals surface area (Å²) in [4.78, 5) is 23.5. The Balaban J connectivity index is 1.85. The van der Waals surface area contributed by atoms with Gasteiger partial charge in [0.2, 0.25) is 0 Å². The molecule has 106 valence electrons. The van der Waals surface area contributed by atoms with Gasteiger partial charge in [0.25, 0.3) is 0 Å². The molecule has 0 aliphatic heterocycles. The maximum atomic E-state index is 11.7. The van der Waals surface area contributed by atoms with E-state index >= 15 is 0 Å². The van der Waals surface area contributed by atoms with Crippen molar-refractivity contribution in [2.75, 3.05) is 11.9 Å². The molecule has 5 nitrogen and oxygen atoms in total. The first-order valence-electron chi connectivity index (χ1n) is 6.25. The lowest BCUT2D eigenvalue weighted by molar-refractivity contribution is -0.136. The molecule has 1 aromatic carbocycles. The van der Waals surface area contributed by atoms with Gasteiger partial charge < -0.3 is 15.7 Å². The van der Waals surface area contributed by atoms with Crippen LogP contribution in [-0.4, -0.2) is 29.6 Å². The number of benzene rings is 1. The highest BCUT2D eigenvalue weighted by atomic mass is 79.9. The first-order chi connectivity index (χ1) is 9.58. The maximum absolute atomic E-state index is 11.7. The lowest BCUT2D eigenvalue weighted by atomic mass is 10.1. The average Bonchev–Trinajstić information content (AvgIpc) is 2.89. The monoisotopic (exact) mass is 338 g/mol. The van der Waals surface area contributed by atoms with E-state index in [9.17, 15) is 9.59 Å². The Labute approximate surface area is 125 Å². The summed E-state index contributed by atoms with van der Waals surface area (Å²) in [5.74, 6) is -1.33. The summed E-state index contributed by atoms with van der Waals surface area (Å²) in [6.07, 6.45) is 4.26. The molecule has 0 spiro atoms. The van der Waals surface area contributed by atoms with Crippen LogP contribution in [0.3, 0.4) is 0 Å². The third-order valence-corrected chi connectivity index (χ3v) is 3.56. The minimum absolute atomic E-state index is 0.0496. The van der Waals surface area contributed by atoms with E-state index in [4.69, 9.17) is 5.11 Å². The molecule has 0 heterocycles. The predicted molar refractivity (Wildman–Crippen MR) is 79.0 cm³/mol. The van der Waals surface area contributed by atoms with Crippen molar-refractivity contribution in [1.82, 2.24) is 5.32 Å². The van der Waals surface area contributed by atoms with Gasteiger partial charge in [-0.15, -0.1) is 0 Å². The molecule has 2 rings (SSSR count). The Morgan fingerprint density at radius 3 is 2.50 bits per heavy atom. The Kier molecular flexibility index (Phi) is 4.92. The van der Waals surface area contributed by atoms with Crippen molar-refractivity contribution in [2.24, 2.45) is 5.92 Å². The fourth-order valence-corrected chi connectivity index (χ4v) is 2.24. The van der Waals surface area contributed by atoms with Crippen LogP contribution in [0, 0.1) is 5.92 Å². The summed E-state index contributed by atoms with van der Waals surface area (Å²) in [7, 11) is 0. The molecule has 6 heteroatoms. The number of anilines is 1. The molecule has 0 aromatic heterocycles. The Hall–Kier alpha value is -1.66. The van der Waals surface area contributed by atoms with E-state index in [1.807, 2.05) is 6.08 Å². The highest BCUT2D eigenvalue weighted by molar-refractivity contribution is 9.10. The molecule has 2 amide bonds. The van der Waals surface area contributed by atoms with Gasteiger partial charge in [0, 0.05) is 28.7 Å². The minimum atomic E-state index is -0.701. The van der Waals surface area contributed by atoms with Crippen LogP contribution in [0.2, 0.25) is 0 Å². The summed E-state index contributed by atoms with van der Waals surface area (Å²) >= 11 is 3.29. The Bertz CT molecular complexity index is 528. The van der Waals surface area contributed by atoms with Gasteiger partial charge in [-0.05, 0) is 30.7 Å². The van der Waals surface area contributed by atoms with Crippen molar-refractivity contribution >= 4 is 33.4 Å². The third-order valence-electron chi connectivity index (χ3n) is 3.03. The van der Waals surface area contributed by atoms with E-state index in [1.54, 1.807) is 30.3 Å². The average molecular weight is 339 g/mol. The molecule has 0 saturated heterocycles. The van der Waals surface area contributed by atoms with Crippen molar-refractivity contribution in [3.63, 3.8) is 0 Å². The maximum Gasteiger partial charge on any atom is 0.313 e. The molecule has 1 aliphatic rings. The van der Waals surface area contributed by atoms with Crippen molar-refractivity contribution < 1.29 is 14.7 Å². The molecule has 0 fully saturated rings. The van der Waals surface area contributed by atoms with Crippen LogP contribution in [0.5, 0.6) is 0 Å². The zero-order chi connectivity index (χ0) is 14.5. The molecule has 0 radical (unpaired) electrons. The van der Waals surface area contributed by atoms with Crippen LogP contribution in [0.4, 0.5) is 5.69 Å². The number of hydrogen-bond acceptors (Lipinski definition) is 3. The second kappa shape index (κ2) is 6.67. The molecule has 20 heavy (non-hydrogen) atoms.